The minimum Gasteiger partial charge on any atom is -0.484 e. The number of benzene rings is 2. The molecule has 0 fully saturated rings. The molecule has 1 amide bonds. The van der Waals surface area contributed by atoms with Crippen molar-refractivity contribution in [3.05, 3.63) is 59.3 Å². The largest absolute Gasteiger partial charge is 0.484 e. The number of hydrogen-bond donors (Lipinski definition) is 1. The van der Waals surface area contributed by atoms with E-state index in [-0.39, 0.29) is 12.5 Å². The molecule has 24 heavy (non-hydrogen) atoms. The van der Waals surface area contributed by atoms with E-state index in [4.69, 9.17) is 4.74 Å². The number of ether oxygens (including phenoxy) is 1. The van der Waals surface area contributed by atoms with Crippen molar-refractivity contribution in [1.29, 1.82) is 0 Å². The van der Waals surface area contributed by atoms with E-state index in [1.165, 1.54) is 0 Å². The molecule has 0 saturated carbocycles. The van der Waals surface area contributed by atoms with Crippen LogP contribution in [0, 0.1) is 0 Å². The Balaban J connectivity index is 1.43. The van der Waals surface area contributed by atoms with Gasteiger partial charge in [0.05, 0.1) is 0 Å². The zero-order valence-electron chi connectivity index (χ0n) is 13.1. The molecule has 2 aromatic carbocycles. The first-order valence-electron chi connectivity index (χ1n) is 7.77. The minimum absolute atomic E-state index is 0.0177. The monoisotopic (exact) mass is 387 g/mol. The van der Waals surface area contributed by atoms with Crippen LogP contribution in [0.3, 0.4) is 0 Å². The highest BCUT2D eigenvalue weighted by Gasteiger charge is 2.03. The fourth-order valence-corrected chi connectivity index (χ4v) is 2.76. The molecule has 0 unspecified atom stereocenters. The van der Waals surface area contributed by atoms with Crippen LogP contribution in [0.2, 0.25) is 0 Å². The summed E-state index contributed by atoms with van der Waals surface area (Å²) in [5.74, 6) is 0.572. The molecule has 0 radical (unpaired) electrons. The summed E-state index contributed by atoms with van der Waals surface area (Å²) < 4.78 is 8.45. The number of rotatable bonds is 7. The van der Waals surface area contributed by atoms with E-state index >= 15 is 0 Å². The van der Waals surface area contributed by atoms with Gasteiger partial charge in [-0.05, 0) is 47.5 Å². The molecule has 0 aliphatic carbocycles. The normalized spacial score (nSPS) is 10.7. The summed E-state index contributed by atoms with van der Waals surface area (Å²) in [5, 5.41) is 9.17. The highest BCUT2D eigenvalue weighted by Crippen LogP contribution is 2.24. The molecule has 0 aliphatic rings. The van der Waals surface area contributed by atoms with Crippen molar-refractivity contribution in [2.24, 2.45) is 0 Å². The predicted octanol–water partition coefficient (Wildman–Crippen LogP) is 3.38. The number of aromatic nitrogens is 2. The van der Waals surface area contributed by atoms with E-state index in [9.17, 15) is 4.79 Å². The standard InChI is InChI=1S/C18H18BrN3O2/c19-16-5-3-15-12-17(6-4-14(15)11-16)24-13-18(23)20-7-1-9-22-10-2-8-21-22/h2-6,8,10-12H,1,7,9,13H2,(H,20,23). The first-order chi connectivity index (χ1) is 11.7. The van der Waals surface area contributed by atoms with Crippen LogP contribution in [-0.4, -0.2) is 28.8 Å². The van der Waals surface area contributed by atoms with E-state index in [0.29, 0.717) is 12.3 Å². The Morgan fingerprint density at radius 1 is 1.21 bits per heavy atom. The molecule has 124 valence electrons. The van der Waals surface area contributed by atoms with Gasteiger partial charge in [0.1, 0.15) is 5.75 Å². The smallest absolute Gasteiger partial charge is 0.257 e. The number of nitrogens with zero attached hydrogens (tertiary/aromatic N) is 2. The van der Waals surface area contributed by atoms with Gasteiger partial charge >= 0.3 is 0 Å². The Bertz CT molecular complexity index is 818. The molecule has 6 heteroatoms. The van der Waals surface area contributed by atoms with E-state index in [2.05, 4.69) is 26.3 Å². The van der Waals surface area contributed by atoms with Crippen molar-refractivity contribution >= 4 is 32.6 Å². The molecule has 0 saturated heterocycles. The average molecular weight is 388 g/mol. The van der Waals surface area contributed by atoms with Crippen molar-refractivity contribution in [3.8, 4) is 5.75 Å². The van der Waals surface area contributed by atoms with Crippen molar-refractivity contribution in [3.63, 3.8) is 0 Å². The van der Waals surface area contributed by atoms with Gasteiger partial charge in [0, 0.05) is 30.0 Å². The van der Waals surface area contributed by atoms with E-state index in [1.54, 1.807) is 6.20 Å². The maximum atomic E-state index is 11.8. The Labute approximate surface area is 148 Å². The molecule has 3 rings (SSSR count). The van der Waals surface area contributed by atoms with Gasteiger partial charge < -0.3 is 10.1 Å². The molecular formula is C18H18BrN3O2. The Morgan fingerprint density at radius 3 is 2.88 bits per heavy atom. The lowest BCUT2D eigenvalue weighted by Crippen LogP contribution is -2.30. The lowest BCUT2D eigenvalue weighted by atomic mass is 10.1. The molecule has 0 atom stereocenters. The first kappa shape index (κ1) is 16.5. The summed E-state index contributed by atoms with van der Waals surface area (Å²) in [4.78, 5) is 11.8. The highest BCUT2D eigenvalue weighted by molar-refractivity contribution is 9.10. The van der Waals surface area contributed by atoms with Crippen LogP contribution < -0.4 is 10.1 Å². The van der Waals surface area contributed by atoms with Crippen molar-refractivity contribution in [2.75, 3.05) is 13.2 Å². The highest BCUT2D eigenvalue weighted by atomic mass is 79.9. The minimum atomic E-state index is -0.119. The zero-order chi connectivity index (χ0) is 16.8. The van der Waals surface area contributed by atoms with Crippen LogP contribution in [0.4, 0.5) is 0 Å². The molecule has 0 aliphatic heterocycles. The quantitative estimate of drug-likeness (QED) is 0.632. The Hall–Kier alpha value is -2.34. The third-order valence-corrected chi connectivity index (χ3v) is 4.08. The summed E-state index contributed by atoms with van der Waals surface area (Å²) in [6, 6.07) is 13.7. The molecular weight excluding hydrogens is 370 g/mol. The van der Waals surface area contributed by atoms with Gasteiger partial charge in [-0.25, -0.2) is 0 Å². The van der Waals surface area contributed by atoms with Gasteiger partial charge in [-0.2, -0.15) is 5.10 Å². The maximum Gasteiger partial charge on any atom is 0.257 e. The molecule has 0 bridgehead atoms. The van der Waals surface area contributed by atoms with Crippen LogP contribution in [0.15, 0.2) is 59.3 Å². The lowest BCUT2D eigenvalue weighted by molar-refractivity contribution is -0.123. The van der Waals surface area contributed by atoms with Crippen molar-refractivity contribution < 1.29 is 9.53 Å². The Kier molecular flexibility index (Phi) is 5.48. The SMILES string of the molecule is O=C(COc1ccc2cc(Br)ccc2c1)NCCCn1cccn1. The number of carbonyl (C=O) groups is 1. The van der Waals surface area contributed by atoms with Crippen LogP contribution in [0.25, 0.3) is 10.8 Å². The van der Waals surface area contributed by atoms with Crippen LogP contribution in [0.5, 0.6) is 5.75 Å². The van der Waals surface area contributed by atoms with E-state index < -0.39 is 0 Å². The van der Waals surface area contributed by atoms with Crippen LogP contribution >= 0.6 is 15.9 Å². The van der Waals surface area contributed by atoms with Gasteiger partial charge in [0.2, 0.25) is 0 Å². The number of halogens is 1. The molecule has 1 aromatic heterocycles. The number of fused-ring (bicyclic) bond motifs is 1. The summed E-state index contributed by atoms with van der Waals surface area (Å²) in [7, 11) is 0. The van der Waals surface area contributed by atoms with Gasteiger partial charge in [-0.1, -0.05) is 28.1 Å². The third-order valence-electron chi connectivity index (χ3n) is 3.59. The predicted molar refractivity (Wildman–Crippen MR) is 97.0 cm³/mol. The van der Waals surface area contributed by atoms with Gasteiger partial charge in [-0.3, -0.25) is 9.48 Å². The Morgan fingerprint density at radius 2 is 2.04 bits per heavy atom. The van der Waals surface area contributed by atoms with Crippen LogP contribution in [0.1, 0.15) is 6.42 Å². The number of amides is 1. The fraction of sp³-hybridized carbons (Fsp3) is 0.222. The zero-order valence-corrected chi connectivity index (χ0v) is 14.7. The second kappa shape index (κ2) is 7.97. The molecule has 0 spiro atoms. The number of hydrogen-bond acceptors (Lipinski definition) is 3. The van der Waals surface area contributed by atoms with Crippen molar-refractivity contribution in [2.45, 2.75) is 13.0 Å². The maximum absolute atomic E-state index is 11.8. The average Bonchev–Trinajstić information content (AvgIpc) is 3.10. The topological polar surface area (TPSA) is 56.1 Å². The molecule has 5 nitrogen and oxygen atoms in total. The first-order valence-corrected chi connectivity index (χ1v) is 8.56. The third kappa shape index (κ3) is 4.58. The molecule has 1 heterocycles. The van der Waals surface area contributed by atoms with E-state index in [0.717, 1.165) is 28.2 Å². The fourth-order valence-electron chi connectivity index (χ4n) is 2.39. The summed E-state index contributed by atoms with van der Waals surface area (Å²) in [6.45, 7) is 1.41. The second-order valence-corrected chi connectivity index (χ2v) is 6.33. The van der Waals surface area contributed by atoms with E-state index in [1.807, 2.05) is 53.3 Å². The molecule has 3 aromatic rings. The summed E-state index contributed by atoms with van der Waals surface area (Å²) >= 11 is 3.45. The number of aryl methyl sites for hydroxylation is 1. The lowest BCUT2D eigenvalue weighted by Gasteiger charge is -2.08. The molecule has 1 N–H and O–H groups in total. The second-order valence-electron chi connectivity index (χ2n) is 5.41. The number of carbonyl (C=O) groups excluding carboxylic acids is 1. The number of nitrogens with one attached hydrogen (secondary N) is 1. The van der Waals surface area contributed by atoms with Crippen LogP contribution in [-0.2, 0) is 11.3 Å². The van der Waals surface area contributed by atoms with Gasteiger partial charge in [-0.15, -0.1) is 0 Å². The van der Waals surface area contributed by atoms with Gasteiger partial charge in [0.15, 0.2) is 6.61 Å². The van der Waals surface area contributed by atoms with Crippen molar-refractivity contribution in [1.82, 2.24) is 15.1 Å². The summed E-state index contributed by atoms with van der Waals surface area (Å²) in [6.07, 6.45) is 4.48. The van der Waals surface area contributed by atoms with Gasteiger partial charge in [0.25, 0.3) is 5.91 Å². The summed E-state index contributed by atoms with van der Waals surface area (Å²) in [5.41, 5.74) is 0.